The molecule has 0 unspecified atom stereocenters. The molecule has 2 heterocycles. The number of hydrogen-bond donors (Lipinski definition) is 2. The number of amides is 1. The van der Waals surface area contributed by atoms with E-state index in [0.717, 1.165) is 10.4 Å². The average Bonchev–Trinajstić information content (AvgIpc) is 3.18. The largest absolute Gasteiger partial charge is 0.396 e. The van der Waals surface area contributed by atoms with Gasteiger partial charge in [0.2, 0.25) is 0 Å². The van der Waals surface area contributed by atoms with Gasteiger partial charge < -0.3 is 14.9 Å². The molecule has 1 amide bonds. The molecule has 3 aromatic rings. The summed E-state index contributed by atoms with van der Waals surface area (Å²) in [6.45, 7) is 0.0974. The zero-order valence-corrected chi connectivity index (χ0v) is 13.5. The van der Waals surface area contributed by atoms with Gasteiger partial charge in [0.25, 0.3) is 5.91 Å². The van der Waals surface area contributed by atoms with Gasteiger partial charge in [-0.3, -0.25) is 4.79 Å². The Morgan fingerprint density at radius 1 is 1.26 bits per heavy atom. The molecule has 118 valence electrons. The number of halogens is 1. The normalized spacial score (nSPS) is 10.7. The minimum absolute atomic E-state index is 0.0974. The summed E-state index contributed by atoms with van der Waals surface area (Å²) in [7, 11) is 0. The Bertz CT molecular complexity index is 811. The van der Waals surface area contributed by atoms with Crippen LogP contribution in [0.2, 0.25) is 4.34 Å². The van der Waals surface area contributed by atoms with Crippen molar-refractivity contribution in [1.82, 2.24) is 5.16 Å². The van der Waals surface area contributed by atoms with Crippen molar-refractivity contribution >= 4 is 34.5 Å². The Hall–Kier alpha value is -2.15. The van der Waals surface area contributed by atoms with Gasteiger partial charge in [-0.15, -0.1) is 11.3 Å². The van der Waals surface area contributed by atoms with Crippen LogP contribution in [0.3, 0.4) is 0 Å². The summed E-state index contributed by atoms with van der Waals surface area (Å²) in [5.41, 5.74) is 1.85. The molecule has 2 N–H and O–H groups in total. The third-order valence-electron chi connectivity index (χ3n) is 3.17. The minimum Gasteiger partial charge on any atom is -0.396 e. The van der Waals surface area contributed by atoms with Gasteiger partial charge in [-0.1, -0.05) is 28.9 Å². The Morgan fingerprint density at radius 2 is 2.04 bits per heavy atom. The summed E-state index contributed by atoms with van der Waals surface area (Å²) in [5, 5.41) is 15.4. The number of carbonyl (C=O) groups is 1. The molecule has 0 bridgehead atoms. The molecule has 0 aliphatic rings. The van der Waals surface area contributed by atoms with Crippen LogP contribution in [0.4, 0.5) is 5.69 Å². The van der Waals surface area contributed by atoms with E-state index in [4.69, 9.17) is 21.2 Å². The lowest BCUT2D eigenvalue weighted by Crippen LogP contribution is -2.12. The van der Waals surface area contributed by atoms with Gasteiger partial charge in [0, 0.05) is 18.4 Å². The molecule has 7 heteroatoms. The fraction of sp³-hybridized carbons (Fsp3) is 0.125. The number of benzene rings is 1. The van der Waals surface area contributed by atoms with Gasteiger partial charge >= 0.3 is 0 Å². The number of aliphatic hydroxyl groups is 1. The highest BCUT2D eigenvalue weighted by Gasteiger charge is 2.15. The highest BCUT2D eigenvalue weighted by molar-refractivity contribution is 7.19. The van der Waals surface area contributed by atoms with Gasteiger partial charge in [0.1, 0.15) is 0 Å². The van der Waals surface area contributed by atoms with Crippen LogP contribution in [0.25, 0.3) is 10.6 Å². The molecule has 0 radical (unpaired) electrons. The van der Waals surface area contributed by atoms with Crippen LogP contribution < -0.4 is 5.32 Å². The van der Waals surface area contributed by atoms with Crippen LogP contribution >= 0.6 is 22.9 Å². The first-order valence-corrected chi connectivity index (χ1v) is 8.09. The average molecular weight is 349 g/mol. The number of nitrogens with zero attached hydrogens (tertiary/aromatic N) is 1. The maximum absolute atomic E-state index is 12.2. The zero-order chi connectivity index (χ0) is 16.2. The fourth-order valence-electron chi connectivity index (χ4n) is 2.02. The Kier molecular flexibility index (Phi) is 4.76. The number of thiophene rings is 1. The van der Waals surface area contributed by atoms with E-state index in [0.29, 0.717) is 22.2 Å². The molecule has 1 aromatic carbocycles. The van der Waals surface area contributed by atoms with Crippen molar-refractivity contribution in [3.8, 4) is 10.6 Å². The Balaban J connectivity index is 1.70. The van der Waals surface area contributed by atoms with Crippen LogP contribution in [-0.4, -0.2) is 22.8 Å². The quantitative estimate of drug-likeness (QED) is 0.734. The Labute approximate surface area is 141 Å². The van der Waals surface area contributed by atoms with Crippen molar-refractivity contribution in [3.63, 3.8) is 0 Å². The summed E-state index contributed by atoms with van der Waals surface area (Å²) in [6.07, 6.45) is 0.588. The first-order chi connectivity index (χ1) is 11.2. The van der Waals surface area contributed by atoms with E-state index in [2.05, 4.69) is 10.5 Å². The van der Waals surface area contributed by atoms with Crippen LogP contribution in [0, 0.1) is 0 Å². The molecule has 0 aliphatic heterocycles. The van der Waals surface area contributed by atoms with Crippen LogP contribution in [0.5, 0.6) is 0 Å². The number of aliphatic hydroxyl groups excluding tert-OH is 1. The molecule has 0 atom stereocenters. The smallest absolute Gasteiger partial charge is 0.277 e. The number of anilines is 1. The van der Waals surface area contributed by atoms with Gasteiger partial charge in [0.05, 0.1) is 9.21 Å². The molecule has 23 heavy (non-hydrogen) atoms. The summed E-state index contributed by atoms with van der Waals surface area (Å²) in [6, 6.07) is 12.4. The number of hydrogen-bond acceptors (Lipinski definition) is 5. The lowest BCUT2D eigenvalue weighted by molar-refractivity contribution is 0.101. The summed E-state index contributed by atoms with van der Waals surface area (Å²) >= 11 is 7.24. The monoisotopic (exact) mass is 348 g/mol. The molecule has 2 aromatic heterocycles. The van der Waals surface area contributed by atoms with Crippen molar-refractivity contribution in [2.45, 2.75) is 6.42 Å². The SMILES string of the molecule is O=C(Nc1ccc(CCO)cc1)c1cc(-c2ccc(Cl)s2)on1. The van der Waals surface area contributed by atoms with E-state index in [1.54, 1.807) is 24.3 Å². The van der Waals surface area contributed by atoms with E-state index in [1.165, 1.54) is 11.3 Å². The predicted octanol–water partition coefficient (Wildman–Crippen LogP) is 3.84. The van der Waals surface area contributed by atoms with Crippen LogP contribution in [0.15, 0.2) is 47.0 Å². The van der Waals surface area contributed by atoms with Crippen molar-refractivity contribution < 1.29 is 14.4 Å². The zero-order valence-electron chi connectivity index (χ0n) is 12.0. The van der Waals surface area contributed by atoms with E-state index in [-0.39, 0.29) is 18.2 Å². The van der Waals surface area contributed by atoms with Crippen LogP contribution in [0.1, 0.15) is 16.1 Å². The lowest BCUT2D eigenvalue weighted by atomic mass is 10.1. The third kappa shape index (κ3) is 3.79. The van der Waals surface area contributed by atoms with E-state index < -0.39 is 0 Å². The molecule has 0 fully saturated rings. The first-order valence-electron chi connectivity index (χ1n) is 6.89. The van der Waals surface area contributed by atoms with Gasteiger partial charge in [0.15, 0.2) is 11.5 Å². The molecule has 0 saturated carbocycles. The molecule has 5 nitrogen and oxygen atoms in total. The minimum atomic E-state index is -0.349. The number of rotatable bonds is 5. The van der Waals surface area contributed by atoms with E-state index >= 15 is 0 Å². The molecular weight excluding hydrogens is 336 g/mol. The second-order valence-electron chi connectivity index (χ2n) is 4.80. The molecule has 0 aliphatic carbocycles. The maximum atomic E-state index is 12.2. The van der Waals surface area contributed by atoms with Crippen molar-refractivity contribution in [1.29, 1.82) is 0 Å². The van der Waals surface area contributed by atoms with Crippen LogP contribution in [-0.2, 0) is 6.42 Å². The van der Waals surface area contributed by atoms with Crippen molar-refractivity contribution in [3.05, 3.63) is 58.1 Å². The summed E-state index contributed by atoms with van der Waals surface area (Å²) in [4.78, 5) is 13.0. The van der Waals surface area contributed by atoms with E-state index in [1.807, 2.05) is 18.2 Å². The topological polar surface area (TPSA) is 75.4 Å². The summed E-state index contributed by atoms with van der Waals surface area (Å²) < 4.78 is 5.83. The third-order valence-corrected chi connectivity index (χ3v) is 4.42. The lowest BCUT2D eigenvalue weighted by Gasteiger charge is -2.04. The molecule has 0 spiro atoms. The number of aromatic nitrogens is 1. The molecule has 0 saturated heterocycles. The molecular formula is C16H13ClN2O3S. The number of nitrogens with one attached hydrogen (secondary N) is 1. The fourth-order valence-corrected chi connectivity index (χ4v) is 3.02. The van der Waals surface area contributed by atoms with Gasteiger partial charge in [-0.05, 0) is 36.2 Å². The van der Waals surface area contributed by atoms with Gasteiger partial charge in [-0.25, -0.2) is 0 Å². The summed E-state index contributed by atoms with van der Waals surface area (Å²) in [5.74, 6) is 0.155. The first kappa shape index (κ1) is 15.7. The molecule has 3 rings (SSSR count). The van der Waals surface area contributed by atoms with Gasteiger partial charge in [-0.2, -0.15) is 0 Å². The van der Waals surface area contributed by atoms with Crippen molar-refractivity contribution in [2.75, 3.05) is 11.9 Å². The highest BCUT2D eigenvalue weighted by atomic mass is 35.5. The second kappa shape index (κ2) is 6.95. The second-order valence-corrected chi connectivity index (χ2v) is 6.52. The maximum Gasteiger partial charge on any atom is 0.277 e. The Morgan fingerprint density at radius 3 is 2.70 bits per heavy atom. The van der Waals surface area contributed by atoms with Crippen molar-refractivity contribution in [2.24, 2.45) is 0 Å². The standard InChI is InChI=1S/C16H13ClN2O3S/c17-15-6-5-14(23-15)13-9-12(19-22-13)16(21)18-11-3-1-10(2-4-11)7-8-20/h1-6,9,20H,7-8H2,(H,18,21). The highest BCUT2D eigenvalue weighted by Crippen LogP contribution is 2.31. The predicted molar refractivity (Wildman–Crippen MR) is 90.0 cm³/mol. The van der Waals surface area contributed by atoms with E-state index in [9.17, 15) is 4.79 Å². The number of carbonyl (C=O) groups excluding carboxylic acids is 1.